The van der Waals surface area contributed by atoms with Gasteiger partial charge in [-0.15, -0.1) is 0 Å². The van der Waals surface area contributed by atoms with Crippen LogP contribution in [-0.2, 0) is 0 Å². The highest BCUT2D eigenvalue weighted by Gasteiger charge is 2.40. The molecule has 0 aromatic heterocycles. The predicted molar refractivity (Wildman–Crippen MR) is 195 cm³/mol. The normalized spacial score (nSPS) is 12.6. The fourth-order valence-electron chi connectivity index (χ4n) is 7.75. The van der Waals surface area contributed by atoms with Crippen LogP contribution in [0.3, 0.4) is 0 Å². The lowest BCUT2D eigenvalue weighted by Crippen LogP contribution is -2.57. The number of hydrogen-bond donors (Lipinski definition) is 0. The Morgan fingerprint density at radius 1 is 0.319 bits per heavy atom. The van der Waals surface area contributed by atoms with Crippen LogP contribution in [0.1, 0.15) is 0 Å². The van der Waals surface area contributed by atoms with Crippen LogP contribution in [0.2, 0.25) is 0 Å². The van der Waals surface area contributed by atoms with Crippen molar-refractivity contribution in [3.63, 3.8) is 0 Å². The molecule has 0 unspecified atom stereocenters. The van der Waals surface area contributed by atoms with E-state index in [-0.39, 0.29) is 6.71 Å². The lowest BCUT2D eigenvalue weighted by molar-refractivity contribution is 0.465. The molecule has 10 rings (SSSR count). The van der Waals surface area contributed by atoms with Gasteiger partial charge in [-0.1, -0.05) is 140 Å². The van der Waals surface area contributed by atoms with Crippen LogP contribution in [0.15, 0.2) is 164 Å². The lowest BCUT2D eigenvalue weighted by Gasteiger charge is -2.33. The topological polar surface area (TPSA) is 18.5 Å². The third-order valence-electron chi connectivity index (χ3n) is 9.79. The van der Waals surface area contributed by atoms with Gasteiger partial charge in [0.1, 0.15) is 23.0 Å². The standard InChI is InChI=1S/C44H27BO2/c1-3-12-28(13-4-1)30-22-24-36-40(26-30)46-38-20-11-21-39-44(38)45(36)37-25-23-31(27-41(37)47-39)43-34-18-9-7-16-32(34)42(29-14-5-2-6-15-29)33-17-8-10-19-35(33)43/h1-27H. The first kappa shape index (κ1) is 26.2. The van der Waals surface area contributed by atoms with Crippen molar-refractivity contribution in [3.05, 3.63) is 164 Å². The summed E-state index contributed by atoms with van der Waals surface area (Å²) in [4.78, 5) is 0. The highest BCUT2D eigenvalue weighted by Crippen LogP contribution is 2.45. The predicted octanol–water partition coefficient (Wildman–Crippen LogP) is 9.72. The highest BCUT2D eigenvalue weighted by molar-refractivity contribution is 6.98. The maximum absolute atomic E-state index is 6.73. The maximum Gasteiger partial charge on any atom is 0.260 e. The van der Waals surface area contributed by atoms with Gasteiger partial charge in [-0.2, -0.15) is 0 Å². The zero-order chi connectivity index (χ0) is 30.9. The Labute approximate surface area is 273 Å². The van der Waals surface area contributed by atoms with Crippen molar-refractivity contribution in [2.24, 2.45) is 0 Å². The fourth-order valence-corrected chi connectivity index (χ4v) is 7.75. The first-order chi connectivity index (χ1) is 23.3. The van der Waals surface area contributed by atoms with Gasteiger partial charge in [0.05, 0.1) is 0 Å². The van der Waals surface area contributed by atoms with Gasteiger partial charge < -0.3 is 9.47 Å². The van der Waals surface area contributed by atoms with Crippen molar-refractivity contribution in [1.82, 2.24) is 0 Å². The van der Waals surface area contributed by atoms with E-state index in [2.05, 4.69) is 152 Å². The molecule has 0 atom stereocenters. The monoisotopic (exact) mass is 598 g/mol. The molecule has 47 heavy (non-hydrogen) atoms. The van der Waals surface area contributed by atoms with Crippen LogP contribution in [0.5, 0.6) is 23.0 Å². The largest absolute Gasteiger partial charge is 0.458 e. The second kappa shape index (κ2) is 10.2. The van der Waals surface area contributed by atoms with Crippen LogP contribution in [0.25, 0.3) is 54.9 Å². The van der Waals surface area contributed by atoms with Crippen molar-refractivity contribution in [2.45, 2.75) is 0 Å². The van der Waals surface area contributed by atoms with Crippen molar-refractivity contribution in [1.29, 1.82) is 0 Å². The molecular weight excluding hydrogens is 571 g/mol. The third kappa shape index (κ3) is 4.00. The highest BCUT2D eigenvalue weighted by atomic mass is 16.5. The van der Waals surface area contributed by atoms with Crippen LogP contribution in [0.4, 0.5) is 0 Å². The van der Waals surface area contributed by atoms with Crippen LogP contribution < -0.4 is 25.9 Å². The summed E-state index contributed by atoms with van der Waals surface area (Å²) in [6.45, 7) is 0.0153. The van der Waals surface area contributed by atoms with Crippen LogP contribution >= 0.6 is 0 Å². The van der Waals surface area contributed by atoms with Gasteiger partial charge in [-0.05, 0) is 90.1 Å². The molecular formula is C44H27BO2. The second-order valence-corrected chi connectivity index (χ2v) is 12.4. The molecule has 2 aliphatic rings. The summed E-state index contributed by atoms with van der Waals surface area (Å²) in [5.41, 5.74) is 10.6. The van der Waals surface area contributed by atoms with E-state index in [1.807, 2.05) is 12.1 Å². The van der Waals surface area contributed by atoms with E-state index >= 15 is 0 Å². The molecule has 0 N–H and O–H groups in total. The SMILES string of the molecule is c1ccc(-c2ccc3c(c2)Oc2cccc4c2B3c2ccc(-c3c5ccccc5c(-c5ccccc5)c5ccccc35)cc2O4)cc1. The molecule has 3 heteroatoms. The maximum atomic E-state index is 6.73. The number of hydrogen-bond acceptors (Lipinski definition) is 2. The second-order valence-electron chi connectivity index (χ2n) is 12.4. The number of ether oxygens (including phenoxy) is 2. The average molecular weight is 599 g/mol. The minimum absolute atomic E-state index is 0.0153. The summed E-state index contributed by atoms with van der Waals surface area (Å²) in [6, 6.07) is 58.3. The van der Waals surface area contributed by atoms with Crippen LogP contribution in [-0.4, -0.2) is 6.71 Å². The van der Waals surface area contributed by atoms with Crippen molar-refractivity contribution < 1.29 is 9.47 Å². The van der Waals surface area contributed by atoms with E-state index in [0.29, 0.717) is 0 Å². The van der Waals surface area contributed by atoms with E-state index in [4.69, 9.17) is 9.47 Å². The molecule has 8 aromatic carbocycles. The Kier molecular flexibility index (Phi) is 5.70. The molecule has 8 aromatic rings. The first-order valence-corrected chi connectivity index (χ1v) is 16.1. The zero-order valence-corrected chi connectivity index (χ0v) is 25.5. The average Bonchev–Trinajstić information content (AvgIpc) is 3.14. The van der Waals surface area contributed by atoms with Crippen LogP contribution in [0, 0.1) is 0 Å². The number of fused-ring (bicyclic) bond motifs is 6. The molecule has 0 saturated heterocycles. The summed E-state index contributed by atoms with van der Waals surface area (Å²) >= 11 is 0. The molecule has 2 heterocycles. The van der Waals surface area contributed by atoms with E-state index in [1.54, 1.807) is 0 Å². The quantitative estimate of drug-likeness (QED) is 0.149. The molecule has 0 bridgehead atoms. The van der Waals surface area contributed by atoms with Crippen molar-refractivity contribution in [3.8, 4) is 56.4 Å². The summed E-state index contributed by atoms with van der Waals surface area (Å²) in [7, 11) is 0. The molecule has 218 valence electrons. The van der Waals surface area contributed by atoms with Gasteiger partial charge in [0, 0.05) is 5.46 Å². The fraction of sp³-hybridized carbons (Fsp3) is 0. The summed E-state index contributed by atoms with van der Waals surface area (Å²) in [5, 5.41) is 4.95. The molecule has 2 nitrogen and oxygen atoms in total. The van der Waals surface area contributed by atoms with E-state index in [9.17, 15) is 0 Å². The smallest absolute Gasteiger partial charge is 0.260 e. The number of benzene rings is 8. The molecule has 0 aliphatic carbocycles. The Bertz CT molecular complexity index is 2460. The Hall–Kier alpha value is -6.06. The van der Waals surface area contributed by atoms with Gasteiger partial charge >= 0.3 is 0 Å². The molecule has 0 radical (unpaired) electrons. The molecule has 0 amide bonds. The first-order valence-electron chi connectivity index (χ1n) is 16.1. The van der Waals surface area contributed by atoms with Gasteiger partial charge in [0.15, 0.2) is 0 Å². The van der Waals surface area contributed by atoms with Gasteiger partial charge in [-0.25, -0.2) is 0 Å². The summed E-state index contributed by atoms with van der Waals surface area (Å²) in [6.07, 6.45) is 0. The van der Waals surface area contributed by atoms with Crippen molar-refractivity contribution in [2.75, 3.05) is 0 Å². The Morgan fingerprint density at radius 3 is 1.32 bits per heavy atom. The Morgan fingerprint density at radius 2 is 0.766 bits per heavy atom. The number of rotatable bonds is 3. The van der Waals surface area contributed by atoms with E-state index in [1.165, 1.54) is 43.8 Å². The molecule has 0 spiro atoms. The molecule has 0 fully saturated rings. The Balaban J connectivity index is 1.18. The van der Waals surface area contributed by atoms with Gasteiger partial charge in [-0.3, -0.25) is 0 Å². The minimum atomic E-state index is 0.0153. The summed E-state index contributed by atoms with van der Waals surface area (Å²) < 4.78 is 13.3. The summed E-state index contributed by atoms with van der Waals surface area (Å²) in [5.74, 6) is 3.49. The van der Waals surface area contributed by atoms with Crippen molar-refractivity contribution >= 4 is 44.6 Å². The minimum Gasteiger partial charge on any atom is -0.458 e. The lowest BCUT2D eigenvalue weighted by atomic mass is 9.35. The molecule has 0 saturated carbocycles. The van der Waals surface area contributed by atoms with Gasteiger partial charge in [0.25, 0.3) is 6.71 Å². The molecule has 2 aliphatic heterocycles. The van der Waals surface area contributed by atoms with Gasteiger partial charge in [0.2, 0.25) is 0 Å². The third-order valence-corrected chi connectivity index (χ3v) is 9.79. The van der Waals surface area contributed by atoms with E-state index in [0.717, 1.165) is 50.5 Å². The zero-order valence-electron chi connectivity index (χ0n) is 25.5. The van der Waals surface area contributed by atoms with E-state index < -0.39 is 0 Å².